The summed E-state index contributed by atoms with van der Waals surface area (Å²) in [6.45, 7) is 16.0. The molecule has 2 aliphatic heterocycles. The first kappa shape index (κ1) is 28.5. The number of carbonyl (C=O) groups is 1. The van der Waals surface area contributed by atoms with Crippen molar-refractivity contribution in [3.63, 3.8) is 0 Å². The quantitative estimate of drug-likeness (QED) is 0.316. The molecule has 44 heavy (non-hydrogen) atoms. The minimum absolute atomic E-state index is 0.137. The van der Waals surface area contributed by atoms with Gasteiger partial charge in [0.25, 0.3) is 5.91 Å². The number of fused-ring (bicyclic) bond motifs is 3. The van der Waals surface area contributed by atoms with Gasteiger partial charge in [-0.2, -0.15) is 0 Å². The van der Waals surface area contributed by atoms with Gasteiger partial charge in [0.1, 0.15) is 23.2 Å². The van der Waals surface area contributed by atoms with E-state index in [1.807, 2.05) is 30.2 Å². The number of amides is 1. The van der Waals surface area contributed by atoms with Crippen molar-refractivity contribution in [1.29, 1.82) is 0 Å². The van der Waals surface area contributed by atoms with Crippen LogP contribution in [-0.2, 0) is 25.9 Å². The summed E-state index contributed by atoms with van der Waals surface area (Å²) in [5, 5.41) is 6.80. The van der Waals surface area contributed by atoms with Crippen LogP contribution in [0.4, 0.5) is 17.3 Å². The number of hydrogen-bond acceptors (Lipinski definition) is 7. The van der Waals surface area contributed by atoms with Crippen LogP contribution < -0.4 is 15.5 Å². The Labute approximate surface area is 259 Å². The molecule has 7 rings (SSSR count). The van der Waals surface area contributed by atoms with Crippen molar-refractivity contribution in [1.82, 2.24) is 29.7 Å². The van der Waals surface area contributed by atoms with Crippen molar-refractivity contribution in [3.8, 4) is 11.3 Å². The third-order valence-corrected chi connectivity index (χ3v) is 9.39. The summed E-state index contributed by atoms with van der Waals surface area (Å²) >= 11 is 0. The second kappa shape index (κ2) is 11.0. The first-order chi connectivity index (χ1) is 21.1. The molecule has 0 unspecified atom stereocenters. The number of pyridine rings is 1. The van der Waals surface area contributed by atoms with Gasteiger partial charge in [0.15, 0.2) is 0 Å². The highest BCUT2D eigenvalue weighted by atomic mass is 16.2. The molecule has 1 saturated heterocycles. The minimum atomic E-state index is 0.137. The van der Waals surface area contributed by atoms with Gasteiger partial charge in [0, 0.05) is 62.6 Å². The average molecular weight is 591 g/mol. The van der Waals surface area contributed by atoms with Crippen molar-refractivity contribution in [2.75, 3.05) is 36.4 Å². The molecule has 1 aliphatic carbocycles. The second-order valence-corrected chi connectivity index (χ2v) is 13.5. The lowest BCUT2D eigenvalue weighted by Gasteiger charge is -2.35. The van der Waals surface area contributed by atoms with Crippen LogP contribution in [0.1, 0.15) is 59.5 Å². The van der Waals surface area contributed by atoms with Crippen molar-refractivity contribution in [2.24, 2.45) is 5.41 Å². The summed E-state index contributed by atoms with van der Waals surface area (Å²) in [7, 11) is 0. The number of aromatic nitrogens is 4. The van der Waals surface area contributed by atoms with Gasteiger partial charge in [-0.05, 0) is 80.0 Å². The zero-order chi connectivity index (χ0) is 30.6. The number of nitrogens with one attached hydrogen (secondary N) is 2. The van der Waals surface area contributed by atoms with E-state index in [0.29, 0.717) is 24.2 Å². The molecule has 3 aromatic heterocycles. The molecule has 0 bridgehead atoms. The number of benzene rings is 1. The Morgan fingerprint density at radius 3 is 2.64 bits per heavy atom. The molecule has 0 radical (unpaired) electrons. The van der Waals surface area contributed by atoms with Gasteiger partial charge >= 0.3 is 0 Å². The van der Waals surface area contributed by atoms with Crippen molar-refractivity contribution < 1.29 is 4.79 Å². The van der Waals surface area contributed by atoms with Crippen LogP contribution in [0.15, 0.2) is 48.7 Å². The number of rotatable bonds is 6. The molecule has 1 fully saturated rings. The molecule has 0 saturated carbocycles. The van der Waals surface area contributed by atoms with Gasteiger partial charge < -0.3 is 25.0 Å². The predicted octanol–water partition coefficient (Wildman–Crippen LogP) is 5.28. The zero-order valence-electron chi connectivity index (χ0n) is 26.4. The molecule has 5 heterocycles. The van der Waals surface area contributed by atoms with E-state index in [4.69, 9.17) is 4.98 Å². The molecule has 4 aromatic rings. The highest BCUT2D eigenvalue weighted by molar-refractivity contribution is 5.94. The Morgan fingerprint density at radius 2 is 1.86 bits per heavy atom. The van der Waals surface area contributed by atoms with E-state index in [1.165, 1.54) is 11.3 Å². The molecule has 9 nitrogen and oxygen atoms in total. The normalized spacial score (nSPS) is 19.2. The maximum atomic E-state index is 13.5. The Morgan fingerprint density at radius 1 is 1.00 bits per heavy atom. The lowest BCUT2D eigenvalue weighted by molar-refractivity contribution is 0.0688. The summed E-state index contributed by atoms with van der Waals surface area (Å²) < 4.78 is 2.28. The summed E-state index contributed by atoms with van der Waals surface area (Å²) in [6, 6.07) is 15.1. The standard InChI is InChI=1S/C35H42N8O/c1-22-14-25(6-7-26(22)21-41-12-13-43-30(34(41)44)15-27-17-35(4,5)18-31(27)43)29-16-33(39-24(3)38-29)40-32-9-8-28(20-37-32)42-11-10-36-19-23(42)2/h6-9,14-16,20,23,36H,10-13,17-19,21H2,1-5H3,(H,37,38,39,40)/t23-/m0/s1. The first-order valence-corrected chi connectivity index (χ1v) is 15.8. The van der Waals surface area contributed by atoms with E-state index in [1.54, 1.807) is 0 Å². The predicted molar refractivity (Wildman–Crippen MR) is 175 cm³/mol. The molecule has 3 aliphatic rings. The summed E-state index contributed by atoms with van der Waals surface area (Å²) in [5.41, 5.74) is 9.17. The molecule has 1 atom stereocenters. The Bertz CT molecular complexity index is 1720. The SMILES string of the molecule is Cc1nc(Nc2ccc(N3CCNC[C@@H]3C)cn2)cc(-c2ccc(CN3CCn4c(cc5c4CC(C)(C)C5)C3=O)c(C)c2)n1. The minimum Gasteiger partial charge on any atom is -0.365 e. The number of anilines is 3. The van der Waals surface area contributed by atoms with Crippen LogP contribution in [0, 0.1) is 19.3 Å². The van der Waals surface area contributed by atoms with E-state index in [9.17, 15) is 4.79 Å². The maximum Gasteiger partial charge on any atom is 0.270 e. The van der Waals surface area contributed by atoms with Crippen molar-refractivity contribution >= 4 is 23.2 Å². The van der Waals surface area contributed by atoms with Crippen LogP contribution in [0.25, 0.3) is 11.3 Å². The van der Waals surface area contributed by atoms with Crippen LogP contribution >= 0.6 is 0 Å². The zero-order valence-corrected chi connectivity index (χ0v) is 26.4. The fourth-order valence-corrected chi connectivity index (χ4v) is 7.11. The van der Waals surface area contributed by atoms with Gasteiger partial charge in [0.2, 0.25) is 0 Å². The largest absolute Gasteiger partial charge is 0.365 e. The van der Waals surface area contributed by atoms with Gasteiger partial charge in [-0.25, -0.2) is 15.0 Å². The Balaban J connectivity index is 1.05. The number of carbonyl (C=O) groups excluding carboxylic acids is 1. The lowest BCUT2D eigenvalue weighted by Crippen LogP contribution is -2.49. The maximum absolute atomic E-state index is 13.5. The molecule has 2 N–H and O–H groups in total. The third-order valence-electron chi connectivity index (χ3n) is 9.39. The fraction of sp³-hybridized carbons (Fsp3) is 0.429. The van der Waals surface area contributed by atoms with Crippen molar-refractivity contribution in [2.45, 2.75) is 66.6 Å². The van der Waals surface area contributed by atoms with Crippen LogP contribution in [0.2, 0.25) is 0 Å². The average Bonchev–Trinajstić information content (AvgIpc) is 3.48. The van der Waals surface area contributed by atoms with E-state index in [0.717, 1.165) is 85.1 Å². The van der Waals surface area contributed by atoms with Gasteiger partial charge in [-0.1, -0.05) is 26.0 Å². The highest BCUT2D eigenvalue weighted by Gasteiger charge is 2.36. The topological polar surface area (TPSA) is 91.2 Å². The molecule has 1 amide bonds. The van der Waals surface area contributed by atoms with E-state index < -0.39 is 0 Å². The number of nitrogens with zero attached hydrogens (tertiary/aromatic N) is 6. The highest BCUT2D eigenvalue weighted by Crippen LogP contribution is 2.39. The van der Waals surface area contributed by atoms with E-state index in [-0.39, 0.29) is 11.3 Å². The van der Waals surface area contributed by atoms with E-state index in [2.05, 4.69) is 88.1 Å². The molecular weight excluding hydrogens is 548 g/mol. The Kier molecular flexibility index (Phi) is 7.16. The number of piperazine rings is 1. The summed E-state index contributed by atoms with van der Waals surface area (Å²) in [6.07, 6.45) is 4.03. The smallest absolute Gasteiger partial charge is 0.270 e. The molecule has 228 valence electrons. The Hall–Kier alpha value is -4.24. The number of aryl methyl sites for hydroxylation is 2. The molecular formula is C35H42N8O. The second-order valence-electron chi connectivity index (χ2n) is 13.5. The molecule has 1 aromatic carbocycles. The molecule has 9 heteroatoms. The van der Waals surface area contributed by atoms with Crippen molar-refractivity contribution in [3.05, 3.63) is 82.6 Å². The summed E-state index contributed by atoms with van der Waals surface area (Å²) in [5.74, 6) is 2.29. The van der Waals surface area contributed by atoms with Gasteiger partial charge in [-0.15, -0.1) is 0 Å². The monoisotopic (exact) mass is 590 g/mol. The first-order valence-electron chi connectivity index (χ1n) is 15.8. The fourth-order valence-electron chi connectivity index (χ4n) is 7.11. The van der Waals surface area contributed by atoms with Crippen LogP contribution in [-0.4, -0.2) is 62.5 Å². The van der Waals surface area contributed by atoms with E-state index >= 15 is 0 Å². The third kappa shape index (κ3) is 5.45. The van der Waals surface area contributed by atoms with Crippen LogP contribution in [0.5, 0.6) is 0 Å². The van der Waals surface area contributed by atoms with Gasteiger partial charge in [0.05, 0.1) is 17.6 Å². The van der Waals surface area contributed by atoms with Gasteiger partial charge in [-0.3, -0.25) is 4.79 Å². The summed E-state index contributed by atoms with van der Waals surface area (Å²) in [4.78, 5) is 31.9. The number of hydrogen-bond donors (Lipinski definition) is 2. The van der Waals surface area contributed by atoms with Crippen LogP contribution in [0.3, 0.4) is 0 Å². The molecule has 0 spiro atoms. The lowest BCUT2D eigenvalue weighted by atomic mass is 9.90.